The first kappa shape index (κ1) is 20.4. The number of carbonyl (C=O) groups is 2. The molecule has 7 nitrogen and oxygen atoms in total. The number of nitrogens with one attached hydrogen (secondary N) is 1. The van der Waals surface area contributed by atoms with E-state index in [0.717, 1.165) is 21.2 Å². The molecule has 1 heterocycles. The van der Waals surface area contributed by atoms with Gasteiger partial charge < -0.3 is 10.1 Å². The summed E-state index contributed by atoms with van der Waals surface area (Å²) in [5.41, 5.74) is 1.41. The SMILES string of the molecule is COC(=O)c1ccc(C)c(NC(=O)CN(C)S(=O)(=O)c2ccc(Cl)s2)c1. The van der Waals surface area contributed by atoms with Crippen LogP contribution in [-0.4, -0.2) is 45.3 Å². The largest absolute Gasteiger partial charge is 0.465 e. The molecule has 1 amide bonds. The normalized spacial score (nSPS) is 11.4. The molecule has 0 spiro atoms. The Bertz CT molecular complexity index is 940. The van der Waals surface area contributed by atoms with Gasteiger partial charge in [-0.05, 0) is 36.8 Å². The van der Waals surface area contributed by atoms with Crippen LogP contribution in [0.15, 0.2) is 34.5 Å². The Morgan fingerprint density at radius 3 is 2.54 bits per heavy atom. The number of thiophene rings is 1. The summed E-state index contributed by atoms with van der Waals surface area (Å²) in [6, 6.07) is 7.59. The molecule has 2 aromatic rings. The Labute approximate surface area is 160 Å². The lowest BCUT2D eigenvalue weighted by Gasteiger charge is -2.16. The Morgan fingerprint density at radius 2 is 1.96 bits per heavy atom. The summed E-state index contributed by atoms with van der Waals surface area (Å²) in [4.78, 5) is 23.9. The first-order chi connectivity index (χ1) is 12.1. The van der Waals surface area contributed by atoms with E-state index >= 15 is 0 Å². The van der Waals surface area contributed by atoms with Gasteiger partial charge in [-0.15, -0.1) is 11.3 Å². The highest BCUT2D eigenvalue weighted by Crippen LogP contribution is 2.27. The van der Waals surface area contributed by atoms with Crippen molar-refractivity contribution >= 4 is 50.5 Å². The molecule has 1 N–H and O–H groups in total. The molecule has 0 aliphatic rings. The molecule has 0 unspecified atom stereocenters. The Balaban J connectivity index is 2.12. The molecule has 0 atom stereocenters. The predicted molar refractivity (Wildman–Crippen MR) is 100 cm³/mol. The zero-order valence-electron chi connectivity index (χ0n) is 14.3. The van der Waals surface area contributed by atoms with Crippen LogP contribution in [0.1, 0.15) is 15.9 Å². The highest BCUT2D eigenvalue weighted by atomic mass is 35.5. The van der Waals surface area contributed by atoms with E-state index < -0.39 is 21.9 Å². The second kappa shape index (κ2) is 8.17. The molecule has 0 fully saturated rings. The number of carbonyl (C=O) groups excluding carboxylic acids is 2. The first-order valence-corrected chi connectivity index (χ1v) is 9.99. The lowest BCUT2D eigenvalue weighted by atomic mass is 10.1. The molecule has 26 heavy (non-hydrogen) atoms. The Morgan fingerprint density at radius 1 is 1.27 bits per heavy atom. The zero-order chi connectivity index (χ0) is 19.5. The second-order valence-electron chi connectivity index (χ2n) is 5.39. The summed E-state index contributed by atoms with van der Waals surface area (Å²) in [5, 5.41) is 2.61. The van der Waals surface area contributed by atoms with E-state index in [9.17, 15) is 18.0 Å². The summed E-state index contributed by atoms with van der Waals surface area (Å²) in [5.74, 6) is -1.07. The van der Waals surface area contributed by atoms with Gasteiger partial charge >= 0.3 is 5.97 Å². The zero-order valence-corrected chi connectivity index (χ0v) is 16.7. The van der Waals surface area contributed by atoms with E-state index in [1.165, 1.54) is 32.4 Å². The molecule has 10 heteroatoms. The van der Waals surface area contributed by atoms with Gasteiger partial charge in [-0.2, -0.15) is 4.31 Å². The molecule has 1 aromatic carbocycles. The van der Waals surface area contributed by atoms with Gasteiger partial charge in [0.05, 0.1) is 23.6 Å². The smallest absolute Gasteiger partial charge is 0.337 e. The van der Waals surface area contributed by atoms with Crippen LogP contribution in [0.4, 0.5) is 5.69 Å². The maximum Gasteiger partial charge on any atom is 0.337 e. The highest BCUT2D eigenvalue weighted by molar-refractivity contribution is 7.91. The van der Waals surface area contributed by atoms with Crippen LogP contribution in [0.2, 0.25) is 4.34 Å². The molecule has 0 aliphatic heterocycles. The molecule has 0 aliphatic carbocycles. The fourth-order valence-corrected chi connectivity index (χ4v) is 4.89. The maximum absolute atomic E-state index is 12.4. The maximum atomic E-state index is 12.4. The Hall–Kier alpha value is -1.94. The van der Waals surface area contributed by atoms with Crippen LogP contribution < -0.4 is 5.32 Å². The third kappa shape index (κ3) is 4.61. The van der Waals surface area contributed by atoms with E-state index in [0.29, 0.717) is 10.0 Å². The quantitative estimate of drug-likeness (QED) is 0.731. The van der Waals surface area contributed by atoms with E-state index in [2.05, 4.69) is 10.1 Å². The predicted octanol–water partition coefficient (Wildman–Crippen LogP) is 2.76. The number of hydrogen-bond acceptors (Lipinski definition) is 6. The summed E-state index contributed by atoms with van der Waals surface area (Å²) in [6.45, 7) is 1.37. The molecular formula is C16H17ClN2O5S2. The number of rotatable bonds is 6. The highest BCUT2D eigenvalue weighted by Gasteiger charge is 2.25. The van der Waals surface area contributed by atoms with Gasteiger partial charge in [0.2, 0.25) is 5.91 Å². The standard InChI is InChI=1S/C16H17ClN2O5S2/c1-10-4-5-11(16(21)24-3)8-12(10)18-14(20)9-19(2)26(22,23)15-7-6-13(17)25-15/h4-8H,9H2,1-3H3,(H,18,20). The monoisotopic (exact) mass is 416 g/mol. The number of amides is 1. The number of benzene rings is 1. The Kier molecular flexibility index (Phi) is 6.40. The van der Waals surface area contributed by atoms with Crippen molar-refractivity contribution in [2.75, 3.05) is 26.0 Å². The number of likely N-dealkylation sites (N-methyl/N-ethyl adjacent to an activating group) is 1. The van der Waals surface area contributed by atoms with Gasteiger partial charge in [-0.25, -0.2) is 13.2 Å². The summed E-state index contributed by atoms with van der Waals surface area (Å²) in [6.07, 6.45) is 0. The third-order valence-electron chi connectivity index (χ3n) is 3.51. The summed E-state index contributed by atoms with van der Waals surface area (Å²) >= 11 is 6.69. The minimum absolute atomic E-state index is 0.0571. The first-order valence-electron chi connectivity index (χ1n) is 7.35. The number of sulfonamides is 1. The number of anilines is 1. The lowest BCUT2D eigenvalue weighted by molar-refractivity contribution is -0.116. The van der Waals surface area contributed by atoms with Crippen molar-refractivity contribution in [2.24, 2.45) is 0 Å². The lowest BCUT2D eigenvalue weighted by Crippen LogP contribution is -2.34. The van der Waals surface area contributed by atoms with Gasteiger partial charge in [-0.3, -0.25) is 4.79 Å². The minimum Gasteiger partial charge on any atom is -0.465 e. The van der Waals surface area contributed by atoms with Gasteiger partial charge in [0, 0.05) is 12.7 Å². The van der Waals surface area contributed by atoms with Crippen molar-refractivity contribution in [1.29, 1.82) is 0 Å². The molecular weight excluding hydrogens is 400 g/mol. The van der Waals surface area contributed by atoms with E-state index in [4.69, 9.17) is 11.6 Å². The molecule has 2 rings (SSSR count). The number of methoxy groups -OCH3 is 1. The van der Waals surface area contributed by atoms with Crippen molar-refractivity contribution in [3.63, 3.8) is 0 Å². The van der Waals surface area contributed by atoms with Gasteiger partial charge in [0.1, 0.15) is 4.21 Å². The minimum atomic E-state index is -3.81. The second-order valence-corrected chi connectivity index (χ2v) is 9.38. The van der Waals surface area contributed by atoms with Crippen molar-refractivity contribution < 1.29 is 22.7 Å². The van der Waals surface area contributed by atoms with Crippen LogP contribution >= 0.6 is 22.9 Å². The molecule has 1 aromatic heterocycles. The number of hydrogen-bond donors (Lipinski definition) is 1. The van der Waals surface area contributed by atoms with Crippen molar-refractivity contribution in [1.82, 2.24) is 4.31 Å². The van der Waals surface area contributed by atoms with Crippen LogP contribution in [0.25, 0.3) is 0 Å². The van der Waals surface area contributed by atoms with Crippen LogP contribution in [0.5, 0.6) is 0 Å². The van der Waals surface area contributed by atoms with Gasteiger partial charge in [-0.1, -0.05) is 17.7 Å². The van der Waals surface area contributed by atoms with Crippen molar-refractivity contribution in [2.45, 2.75) is 11.1 Å². The fraction of sp³-hybridized carbons (Fsp3) is 0.250. The molecule has 0 saturated heterocycles. The van der Waals surface area contributed by atoms with E-state index in [1.807, 2.05) is 0 Å². The molecule has 0 bridgehead atoms. The number of halogens is 1. The van der Waals surface area contributed by atoms with Crippen LogP contribution in [-0.2, 0) is 19.6 Å². The molecule has 0 saturated carbocycles. The van der Waals surface area contributed by atoms with Crippen molar-refractivity contribution in [3.05, 3.63) is 45.8 Å². The van der Waals surface area contributed by atoms with Crippen LogP contribution in [0.3, 0.4) is 0 Å². The fourth-order valence-electron chi connectivity index (χ4n) is 2.07. The molecule has 0 radical (unpaired) electrons. The van der Waals surface area contributed by atoms with E-state index in [-0.39, 0.29) is 16.3 Å². The van der Waals surface area contributed by atoms with Gasteiger partial charge in [0.15, 0.2) is 0 Å². The van der Waals surface area contributed by atoms with E-state index in [1.54, 1.807) is 19.1 Å². The number of esters is 1. The molecule has 140 valence electrons. The van der Waals surface area contributed by atoms with Crippen LogP contribution in [0, 0.1) is 6.92 Å². The number of nitrogens with zero attached hydrogens (tertiary/aromatic N) is 1. The average molecular weight is 417 g/mol. The number of ether oxygens (including phenoxy) is 1. The number of aryl methyl sites for hydroxylation is 1. The topological polar surface area (TPSA) is 92.8 Å². The van der Waals surface area contributed by atoms with Gasteiger partial charge in [0.25, 0.3) is 10.0 Å². The van der Waals surface area contributed by atoms with Crippen molar-refractivity contribution in [3.8, 4) is 0 Å². The average Bonchev–Trinajstić information content (AvgIpc) is 3.03. The third-order valence-corrected chi connectivity index (χ3v) is 7.01. The summed E-state index contributed by atoms with van der Waals surface area (Å²) in [7, 11) is -1.24. The summed E-state index contributed by atoms with van der Waals surface area (Å²) < 4.78 is 30.8.